The van der Waals surface area contributed by atoms with Crippen LogP contribution in [-0.2, 0) is 10.8 Å². The molecule has 5 heterocycles. The number of aromatic nitrogens is 5. The van der Waals surface area contributed by atoms with Crippen molar-refractivity contribution < 1.29 is 4.21 Å². The van der Waals surface area contributed by atoms with Crippen LogP contribution in [0, 0.1) is 0 Å². The van der Waals surface area contributed by atoms with Gasteiger partial charge in [0.15, 0.2) is 0 Å². The summed E-state index contributed by atoms with van der Waals surface area (Å²) in [5.74, 6) is 0. The summed E-state index contributed by atoms with van der Waals surface area (Å²) in [7, 11) is -1.36. The molecule has 0 amide bonds. The third-order valence-corrected chi connectivity index (χ3v) is 11.2. The maximum Gasteiger partial charge on any atom is 0.144 e. The van der Waals surface area contributed by atoms with E-state index in [9.17, 15) is 4.21 Å². The van der Waals surface area contributed by atoms with Gasteiger partial charge in [0, 0.05) is 55.3 Å². The first-order valence-electron chi connectivity index (χ1n) is 16.2. The number of rotatable bonds is 3. The molecule has 6 nitrogen and oxygen atoms in total. The molecule has 7 heteroatoms. The summed E-state index contributed by atoms with van der Waals surface area (Å²) in [5.41, 5.74) is 10.5. The van der Waals surface area contributed by atoms with Crippen molar-refractivity contribution in [1.29, 1.82) is 0 Å². The molecule has 1 unspecified atom stereocenters. The monoisotopic (exact) mass is 647 g/mol. The maximum absolute atomic E-state index is 13.3. The molecule has 0 spiro atoms. The van der Waals surface area contributed by atoms with Crippen LogP contribution in [0.5, 0.6) is 0 Å². The van der Waals surface area contributed by atoms with Gasteiger partial charge in [0.25, 0.3) is 0 Å². The van der Waals surface area contributed by atoms with Crippen molar-refractivity contribution in [1.82, 2.24) is 23.7 Å². The summed E-state index contributed by atoms with van der Waals surface area (Å²) < 4.78 is 20.2. The Morgan fingerprint density at radius 3 is 1.37 bits per heavy atom. The van der Waals surface area contributed by atoms with Crippen molar-refractivity contribution in [2.24, 2.45) is 0 Å². The minimum absolute atomic E-state index is 0.545. The summed E-state index contributed by atoms with van der Waals surface area (Å²) in [5, 5.41) is 9.47. The largest absolute Gasteiger partial charge is 0.309 e. The Balaban J connectivity index is 1.24. The zero-order chi connectivity index (χ0) is 32.2. The third kappa shape index (κ3) is 3.62. The topological polar surface area (TPSA) is 57.6 Å². The second-order valence-corrected chi connectivity index (χ2v) is 13.7. The fraction of sp³-hybridized carbons (Fsp3) is 0. The Bertz CT molecular complexity index is 2810. The van der Waals surface area contributed by atoms with E-state index in [1.54, 1.807) is 11.6 Å². The van der Waals surface area contributed by atoms with Crippen LogP contribution in [-0.4, -0.2) is 27.9 Å². The Kier molecular flexibility index (Phi) is 5.38. The molecule has 10 aromatic rings. The highest BCUT2D eigenvalue weighted by molar-refractivity contribution is 7.88. The quantitative estimate of drug-likeness (QED) is 0.180. The van der Waals surface area contributed by atoms with Crippen LogP contribution in [0.15, 0.2) is 156 Å². The number of nitrogens with zero attached hydrogens (tertiary/aromatic N) is 5. The van der Waals surface area contributed by atoms with Gasteiger partial charge in [-0.15, -0.1) is 0 Å². The molecular formula is C42H25N5OS. The molecule has 1 aliphatic rings. The van der Waals surface area contributed by atoms with E-state index in [1.807, 2.05) is 0 Å². The van der Waals surface area contributed by atoms with Crippen LogP contribution in [0.1, 0.15) is 5.56 Å². The number of para-hydroxylation sites is 4. The molecule has 0 bridgehead atoms. The number of hydrogen-bond acceptors (Lipinski definition) is 3. The van der Waals surface area contributed by atoms with Crippen molar-refractivity contribution in [2.45, 2.75) is 5.03 Å². The highest BCUT2D eigenvalue weighted by atomic mass is 32.2. The van der Waals surface area contributed by atoms with Gasteiger partial charge in [-0.3, -0.25) is 0 Å². The second kappa shape index (κ2) is 9.86. The molecule has 6 aromatic carbocycles. The van der Waals surface area contributed by atoms with Crippen molar-refractivity contribution in [2.75, 3.05) is 0 Å². The summed E-state index contributed by atoms with van der Waals surface area (Å²) >= 11 is 0. The SMILES string of the molecule is O=S1C=C(n2c3ccc(-n4c5ccccc5c5ccccc54)cc3c3cc(-n4c5ccccc5c5ccccc54)ccc32)c2cncnc21. The van der Waals surface area contributed by atoms with Crippen LogP contribution in [0.4, 0.5) is 0 Å². The van der Waals surface area contributed by atoms with Crippen molar-refractivity contribution in [3.63, 3.8) is 0 Å². The normalized spacial score (nSPS) is 14.5. The van der Waals surface area contributed by atoms with E-state index in [0.717, 1.165) is 66.5 Å². The van der Waals surface area contributed by atoms with Gasteiger partial charge in [0.2, 0.25) is 0 Å². The molecular weight excluding hydrogens is 623 g/mol. The Hall–Kier alpha value is -6.31. The average Bonchev–Trinajstić information content (AvgIpc) is 3.87. The van der Waals surface area contributed by atoms with E-state index >= 15 is 0 Å². The summed E-state index contributed by atoms with van der Waals surface area (Å²) in [6.07, 6.45) is 3.24. The molecule has 49 heavy (non-hydrogen) atoms. The van der Waals surface area contributed by atoms with Crippen molar-refractivity contribution in [3.05, 3.63) is 157 Å². The molecule has 0 saturated carbocycles. The Morgan fingerprint density at radius 2 is 0.898 bits per heavy atom. The third-order valence-electron chi connectivity index (χ3n) is 10.0. The van der Waals surface area contributed by atoms with E-state index in [0.29, 0.717) is 5.03 Å². The minimum Gasteiger partial charge on any atom is -0.309 e. The predicted molar refractivity (Wildman–Crippen MR) is 200 cm³/mol. The molecule has 230 valence electrons. The Morgan fingerprint density at radius 1 is 0.469 bits per heavy atom. The fourth-order valence-electron chi connectivity index (χ4n) is 7.99. The summed E-state index contributed by atoms with van der Waals surface area (Å²) in [6, 6.07) is 47.8. The van der Waals surface area contributed by atoms with Gasteiger partial charge in [0.1, 0.15) is 11.4 Å². The van der Waals surface area contributed by atoms with E-state index in [4.69, 9.17) is 0 Å². The lowest BCUT2D eigenvalue weighted by Crippen LogP contribution is -1.99. The lowest BCUT2D eigenvalue weighted by atomic mass is 10.1. The minimum atomic E-state index is -1.36. The van der Waals surface area contributed by atoms with Gasteiger partial charge >= 0.3 is 0 Å². The van der Waals surface area contributed by atoms with Gasteiger partial charge in [-0.2, -0.15) is 0 Å². The van der Waals surface area contributed by atoms with Gasteiger partial charge in [-0.1, -0.05) is 72.8 Å². The predicted octanol–water partition coefficient (Wildman–Crippen LogP) is 9.75. The smallest absolute Gasteiger partial charge is 0.144 e. The van der Waals surface area contributed by atoms with Gasteiger partial charge in [-0.05, 0) is 60.7 Å². The maximum atomic E-state index is 13.3. The molecule has 0 aliphatic carbocycles. The van der Waals surface area contributed by atoms with Crippen molar-refractivity contribution in [3.8, 4) is 11.4 Å². The fourth-order valence-corrected chi connectivity index (χ4v) is 9.06. The molecule has 4 aromatic heterocycles. The first kappa shape index (κ1) is 26.7. The lowest BCUT2D eigenvalue weighted by Gasteiger charge is -2.11. The summed E-state index contributed by atoms with van der Waals surface area (Å²) in [6.45, 7) is 0. The first-order chi connectivity index (χ1) is 24.2. The van der Waals surface area contributed by atoms with Crippen LogP contribution in [0.3, 0.4) is 0 Å². The van der Waals surface area contributed by atoms with Crippen LogP contribution in [0.25, 0.3) is 82.5 Å². The lowest BCUT2D eigenvalue weighted by molar-refractivity contribution is 0.686. The number of benzene rings is 6. The Labute approximate surface area is 282 Å². The molecule has 11 rings (SSSR count). The van der Waals surface area contributed by atoms with Crippen molar-refractivity contribution >= 4 is 81.9 Å². The number of hydrogen-bond donors (Lipinski definition) is 0. The van der Waals surface area contributed by atoms with E-state index in [-0.39, 0.29) is 0 Å². The molecule has 0 fully saturated rings. The van der Waals surface area contributed by atoms with Crippen LogP contribution >= 0.6 is 0 Å². The zero-order valence-electron chi connectivity index (χ0n) is 26.0. The second-order valence-electron chi connectivity index (χ2n) is 12.5. The van der Waals surface area contributed by atoms with E-state index < -0.39 is 10.8 Å². The molecule has 0 N–H and O–H groups in total. The zero-order valence-corrected chi connectivity index (χ0v) is 26.8. The molecule has 1 aliphatic heterocycles. The van der Waals surface area contributed by atoms with Gasteiger partial charge in [-0.25, -0.2) is 14.2 Å². The van der Waals surface area contributed by atoms with Gasteiger partial charge in [0.05, 0.1) is 55.2 Å². The highest BCUT2D eigenvalue weighted by Gasteiger charge is 2.27. The molecule has 1 atom stereocenters. The highest BCUT2D eigenvalue weighted by Crippen LogP contribution is 2.41. The van der Waals surface area contributed by atoms with Crippen LogP contribution < -0.4 is 0 Å². The van der Waals surface area contributed by atoms with E-state index in [2.05, 4.69) is 157 Å². The number of fused-ring (bicyclic) bond motifs is 10. The standard InChI is InChI=1S/C42H25N5OS/c48-49-24-41(34-23-43-25-44-42(34)49)47-39-19-17-26(45-35-13-5-1-9-28(35)29-10-2-6-14-36(29)45)21-32(39)33-22-27(18-20-40(33)47)46-37-15-7-3-11-30(37)31-12-4-8-16-38(31)46/h1-25H. The van der Waals surface area contributed by atoms with Gasteiger partial charge < -0.3 is 13.7 Å². The first-order valence-corrected chi connectivity index (χ1v) is 17.4. The summed E-state index contributed by atoms with van der Waals surface area (Å²) in [4.78, 5) is 8.70. The average molecular weight is 648 g/mol. The molecule has 0 radical (unpaired) electrons. The van der Waals surface area contributed by atoms with Crippen LogP contribution in [0.2, 0.25) is 0 Å². The van der Waals surface area contributed by atoms with E-state index in [1.165, 1.54) is 27.9 Å². The molecule has 0 saturated heterocycles.